The summed E-state index contributed by atoms with van der Waals surface area (Å²) in [4.78, 5) is 8.32. The molecule has 0 aromatic carbocycles. The van der Waals surface area contributed by atoms with Gasteiger partial charge >= 0.3 is 0 Å². The van der Waals surface area contributed by atoms with Gasteiger partial charge in [-0.25, -0.2) is 9.97 Å². The Bertz CT molecular complexity index is 685. The zero-order chi connectivity index (χ0) is 12.5. The number of hydrogen-bond acceptors (Lipinski definition) is 5. The van der Waals surface area contributed by atoms with Gasteiger partial charge in [0.25, 0.3) is 0 Å². The minimum Gasteiger partial charge on any atom is -0.444 e. The molecule has 0 saturated heterocycles. The van der Waals surface area contributed by atoms with E-state index >= 15 is 0 Å². The fourth-order valence-electron chi connectivity index (χ4n) is 1.83. The van der Waals surface area contributed by atoms with Crippen LogP contribution in [0, 0.1) is 13.8 Å². The van der Waals surface area contributed by atoms with Gasteiger partial charge in [0.2, 0.25) is 5.89 Å². The van der Waals surface area contributed by atoms with Crippen molar-refractivity contribution in [2.45, 2.75) is 20.4 Å². The maximum atomic E-state index is 5.41. The lowest BCUT2D eigenvalue weighted by Gasteiger charge is -2.07. The lowest BCUT2D eigenvalue weighted by Crippen LogP contribution is -2.05. The minimum absolute atomic E-state index is 0.520. The van der Waals surface area contributed by atoms with Crippen molar-refractivity contribution in [1.82, 2.24) is 19.6 Å². The van der Waals surface area contributed by atoms with E-state index in [-0.39, 0.29) is 0 Å². The fourth-order valence-corrected chi connectivity index (χ4v) is 1.83. The van der Waals surface area contributed by atoms with Gasteiger partial charge in [-0.15, -0.1) is 0 Å². The van der Waals surface area contributed by atoms with E-state index < -0.39 is 0 Å². The quantitative estimate of drug-likeness (QED) is 0.761. The van der Waals surface area contributed by atoms with Crippen molar-refractivity contribution < 1.29 is 4.42 Å². The summed E-state index contributed by atoms with van der Waals surface area (Å²) in [5.41, 5.74) is 1.95. The molecule has 0 radical (unpaired) electrons. The summed E-state index contributed by atoms with van der Waals surface area (Å²) in [5, 5.41) is 7.42. The number of aromatic nitrogens is 4. The van der Waals surface area contributed by atoms with Crippen molar-refractivity contribution in [3.8, 4) is 0 Å². The lowest BCUT2D eigenvalue weighted by atomic mass is 10.3. The molecule has 3 rings (SSSR count). The molecular weight excluding hydrogens is 230 g/mol. The Morgan fingerprint density at radius 1 is 1.28 bits per heavy atom. The highest BCUT2D eigenvalue weighted by molar-refractivity contribution is 5.51. The SMILES string of the molecule is Cc1cc(NCc2ncc(C)o2)n2ncnc2c1. The summed E-state index contributed by atoms with van der Waals surface area (Å²) in [6, 6.07) is 3.99. The summed E-state index contributed by atoms with van der Waals surface area (Å²) in [5.74, 6) is 2.34. The van der Waals surface area contributed by atoms with Crippen LogP contribution in [0.2, 0.25) is 0 Å². The van der Waals surface area contributed by atoms with Crippen molar-refractivity contribution in [1.29, 1.82) is 0 Å². The largest absolute Gasteiger partial charge is 0.444 e. The maximum absolute atomic E-state index is 5.41. The average molecular weight is 243 g/mol. The Balaban J connectivity index is 1.87. The number of pyridine rings is 1. The lowest BCUT2D eigenvalue weighted by molar-refractivity contribution is 0.478. The Labute approximate surface area is 104 Å². The summed E-state index contributed by atoms with van der Waals surface area (Å²) in [6.45, 7) is 4.42. The van der Waals surface area contributed by atoms with E-state index in [4.69, 9.17) is 4.42 Å². The predicted molar refractivity (Wildman–Crippen MR) is 66.3 cm³/mol. The molecule has 0 fully saturated rings. The van der Waals surface area contributed by atoms with Gasteiger partial charge in [0.15, 0.2) is 5.65 Å². The van der Waals surface area contributed by atoms with Crippen LogP contribution in [0.4, 0.5) is 5.82 Å². The zero-order valence-electron chi connectivity index (χ0n) is 10.2. The number of hydrogen-bond donors (Lipinski definition) is 1. The van der Waals surface area contributed by atoms with Crippen molar-refractivity contribution in [3.05, 3.63) is 41.9 Å². The number of aryl methyl sites for hydroxylation is 2. The highest BCUT2D eigenvalue weighted by atomic mass is 16.4. The molecule has 0 aliphatic carbocycles. The summed E-state index contributed by atoms with van der Waals surface area (Å²) in [7, 11) is 0. The highest BCUT2D eigenvalue weighted by Crippen LogP contribution is 2.14. The van der Waals surface area contributed by atoms with E-state index in [9.17, 15) is 0 Å². The Kier molecular flexibility index (Phi) is 2.47. The normalized spacial score (nSPS) is 11.0. The summed E-state index contributed by atoms with van der Waals surface area (Å²) < 4.78 is 7.16. The van der Waals surface area contributed by atoms with Gasteiger partial charge in [-0.05, 0) is 31.5 Å². The van der Waals surface area contributed by atoms with E-state index in [2.05, 4.69) is 20.4 Å². The standard InChI is InChI=1S/C12H13N5O/c1-8-3-10(17-11(4-8)15-7-16-17)13-6-12-14-5-9(2)18-12/h3-5,7,13H,6H2,1-2H3. The molecule has 0 saturated carbocycles. The molecule has 0 spiro atoms. The molecular formula is C12H13N5O. The molecule has 3 aromatic rings. The number of fused-ring (bicyclic) bond motifs is 1. The molecule has 0 aliphatic heterocycles. The third-order valence-corrected chi connectivity index (χ3v) is 2.61. The monoisotopic (exact) mass is 243 g/mol. The predicted octanol–water partition coefficient (Wildman–Crippen LogP) is 1.95. The number of nitrogens with zero attached hydrogens (tertiary/aromatic N) is 4. The Morgan fingerprint density at radius 3 is 2.94 bits per heavy atom. The number of nitrogens with one attached hydrogen (secondary N) is 1. The topological polar surface area (TPSA) is 68.2 Å². The first-order valence-corrected chi connectivity index (χ1v) is 5.68. The second-order valence-electron chi connectivity index (χ2n) is 4.17. The Morgan fingerprint density at radius 2 is 2.17 bits per heavy atom. The van der Waals surface area contributed by atoms with Gasteiger partial charge in [-0.3, -0.25) is 0 Å². The van der Waals surface area contributed by atoms with Gasteiger partial charge in [0.1, 0.15) is 17.9 Å². The van der Waals surface area contributed by atoms with Crippen LogP contribution in [-0.2, 0) is 6.54 Å². The van der Waals surface area contributed by atoms with Crippen LogP contribution in [0.25, 0.3) is 5.65 Å². The second-order valence-corrected chi connectivity index (χ2v) is 4.17. The minimum atomic E-state index is 0.520. The van der Waals surface area contributed by atoms with Crippen molar-refractivity contribution in [2.24, 2.45) is 0 Å². The van der Waals surface area contributed by atoms with Crippen molar-refractivity contribution in [3.63, 3.8) is 0 Å². The number of rotatable bonds is 3. The van der Waals surface area contributed by atoms with Crippen LogP contribution in [0.5, 0.6) is 0 Å². The van der Waals surface area contributed by atoms with Crippen molar-refractivity contribution in [2.75, 3.05) is 5.32 Å². The smallest absolute Gasteiger partial charge is 0.213 e. The molecule has 6 nitrogen and oxygen atoms in total. The van der Waals surface area contributed by atoms with Crippen LogP contribution in [-0.4, -0.2) is 19.6 Å². The first kappa shape index (κ1) is 10.8. The van der Waals surface area contributed by atoms with Gasteiger partial charge in [0.05, 0.1) is 12.7 Å². The van der Waals surface area contributed by atoms with Gasteiger partial charge < -0.3 is 9.73 Å². The van der Waals surface area contributed by atoms with Crippen LogP contribution in [0.3, 0.4) is 0 Å². The highest BCUT2D eigenvalue weighted by Gasteiger charge is 2.05. The first-order valence-electron chi connectivity index (χ1n) is 5.68. The molecule has 0 bridgehead atoms. The van der Waals surface area contributed by atoms with Crippen LogP contribution in [0.15, 0.2) is 29.1 Å². The number of anilines is 1. The van der Waals surface area contributed by atoms with Gasteiger partial charge in [-0.1, -0.05) is 0 Å². The van der Waals surface area contributed by atoms with Crippen LogP contribution in [0.1, 0.15) is 17.2 Å². The van der Waals surface area contributed by atoms with Crippen molar-refractivity contribution >= 4 is 11.5 Å². The van der Waals surface area contributed by atoms with Gasteiger partial charge in [0, 0.05) is 0 Å². The molecule has 18 heavy (non-hydrogen) atoms. The zero-order valence-corrected chi connectivity index (χ0v) is 10.2. The average Bonchev–Trinajstić information content (AvgIpc) is 2.94. The molecule has 92 valence electrons. The Hall–Kier alpha value is -2.37. The number of oxazole rings is 1. The molecule has 3 heterocycles. The van der Waals surface area contributed by atoms with Crippen LogP contribution < -0.4 is 5.32 Å². The van der Waals surface area contributed by atoms with Crippen LogP contribution >= 0.6 is 0 Å². The second kappa shape index (κ2) is 4.14. The van der Waals surface area contributed by atoms with E-state index in [0.717, 1.165) is 22.8 Å². The molecule has 0 atom stereocenters. The summed E-state index contributed by atoms with van der Waals surface area (Å²) >= 11 is 0. The molecule has 0 unspecified atom stereocenters. The van der Waals surface area contributed by atoms with E-state index in [1.807, 2.05) is 26.0 Å². The van der Waals surface area contributed by atoms with Gasteiger partial charge in [-0.2, -0.15) is 9.61 Å². The van der Waals surface area contributed by atoms with E-state index in [0.29, 0.717) is 12.4 Å². The van der Waals surface area contributed by atoms with E-state index in [1.165, 1.54) is 6.33 Å². The molecule has 1 N–H and O–H groups in total. The third-order valence-electron chi connectivity index (χ3n) is 2.61. The molecule has 3 aromatic heterocycles. The summed E-state index contributed by atoms with van der Waals surface area (Å²) in [6.07, 6.45) is 3.24. The van der Waals surface area contributed by atoms with E-state index in [1.54, 1.807) is 10.7 Å². The third kappa shape index (κ3) is 1.92. The maximum Gasteiger partial charge on any atom is 0.213 e. The molecule has 6 heteroatoms. The molecule has 0 amide bonds. The first-order chi connectivity index (χ1) is 8.72. The fraction of sp³-hybridized carbons (Fsp3) is 0.250. The molecule has 0 aliphatic rings.